The van der Waals surface area contributed by atoms with E-state index in [1.807, 2.05) is 59.0 Å². The number of hydrogen-bond donors (Lipinski definition) is 1. The molecule has 0 aliphatic heterocycles. The number of thiophene rings is 1. The molecule has 0 spiro atoms. The zero-order valence-corrected chi connectivity index (χ0v) is 22.2. The number of carbonyl (C=O) groups is 2. The Morgan fingerprint density at radius 1 is 1.13 bits per heavy atom. The van der Waals surface area contributed by atoms with Crippen molar-refractivity contribution in [1.29, 1.82) is 0 Å². The van der Waals surface area contributed by atoms with Crippen LogP contribution in [0.3, 0.4) is 0 Å². The topological polar surface area (TPSA) is 57.6 Å². The summed E-state index contributed by atoms with van der Waals surface area (Å²) in [6.45, 7) is 0.165. The van der Waals surface area contributed by atoms with E-state index in [1.165, 1.54) is 16.2 Å². The van der Waals surface area contributed by atoms with Crippen molar-refractivity contribution in [1.82, 2.24) is 4.90 Å². The maximum atomic E-state index is 13.5. The second kappa shape index (κ2) is 10.6. The van der Waals surface area contributed by atoms with E-state index in [-0.39, 0.29) is 18.9 Å². The minimum Gasteiger partial charge on any atom is -0.480 e. The standard InChI is InChI=1S/C21H15Br2ClINO3S/c22-15-10-19(23)30-18(15)11-26(20(27)14-7-6-13(24)9-16(14)25)17(21(28)29)8-12-4-2-1-3-5-12/h1-7,9-10,17H,8,11H2,(H,28,29). The second-order valence-corrected chi connectivity index (χ2v) is 11.4. The maximum Gasteiger partial charge on any atom is 0.326 e. The number of hydrogen-bond acceptors (Lipinski definition) is 3. The highest BCUT2D eigenvalue weighted by molar-refractivity contribution is 14.1. The normalized spacial score (nSPS) is 11.9. The van der Waals surface area contributed by atoms with Crippen LogP contribution in [-0.4, -0.2) is 27.9 Å². The fourth-order valence-corrected chi connectivity index (χ4v) is 6.69. The van der Waals surface area contributed by atoms with Gasteiger partial charge in [0.05, 0.1) is 15.9 Å². The molecule has 0 radical (unpaired) electrons. The first-order valence-electron chi connectivity index (χ1n) is 8.72. The minimum absolute atomic E-state index is 0.165. The van der Waals surface area contributed by atoms with Gasteiger partial charge in [0.25, 0.3) is 5.91 Å². The molecule has 1 aromatic heterocycles. The average Bonchev–Trinajstić information content (AvgIpc) is 3.01. The molecule has 0 fully saturated rings. The summed E-state index contributed by atoms with van der Waals surface area (Å²) in [7, 11) is 0. The van der Waals surface area contributed by atoms with Crippen LogP contribution in [0.2, 0.25) is 5.02 Å². The zero-order chi connectivity index (χ0) is 21.8. The first-order chi connectivity index (χ1) is 14.3. The molecule has 1 heterocycles. The van der Waals surface area contributed by atoms with E-state index < -0.39 is 12.0 Å². The highest BCUT2D eigenvalue weighted by Crippen LogP contribution is 2.33. The van der Waals surface area contributed by atoms with E-state index >= 15 is 0 Å². The number of halogens is 4. The molecule has 0 aliphatic carbocycles. The minimum atomic E-state index is -1.05. The number of amides is 1. The highest BCUT2D eigenvalue weighted by Gasteiger charge is 2.32. The SMILES string of the molecule is O=C(O)C(Cc1ccccc1)N(Cc1sc(Br)cc1Br)C(=O)c1ccc(Cl)cc1I. The molecular weight excluding hydrogens is 668 g/mol. The molecule has 3 aromatic rings. The molecule has 2 aromatic carbocycles. The van der Waals surface area contributed by atoms with Crippen LogP contribution in [-0.2, 0) is 17.8 Å². The lowest BCUT2D eigenvalue weighted by molar-refractivity contribution is -0.142. The van der Waals surface area contributed by atoms with Crippen LogP contribution in [0.25, 0.3) is 0 Å². The van der Waals surface area contributed by atoms with Gasteiger partial charge in [-0.1, -0.05) is 41.9 Å². The van der Waals surface area contributed by atoms with Gasteiger partial charge >= 0.3 is 5.97 Å². The van der Waals surface area contributed by atoms with E-state index in [1.54, 1.807) is 18.2 Å². The predicted molar refractivity (Wildman–Crippen MR) is 135 cm³/mol. The summed E-state index contributed by atoms with van der Waals surface area (Å²) in [5.74, 6) is -1.40. The van der Waals surface area contributed by atoms with Crippen LogP contribution in [0.4, 0.5) is 0 Å². The van der Waals surface area contributed by atoms with Crippen molar-refractivity contribution in [2.75, 3.05) is 0 Å². The Hall–Kier alpha value is -0.940. The molecule has 4 nitrogen and oxygen atoms in total. The lowest BCUT2D eigenvalue weighted by Crippen LogP contribution is -2.46. The van der Waals surface area contributed by atoms with Crippen molar-refractivity contribution >= 4 is 89.3 Å². The molecule has 3 rings (SSSR count). The summed E-state index contributed by atoms with van der Waals surface area (Å²) in [5, 5.41) is 10.6. The van der Waals surface area contributed by atoms with Gasteiger partial charge in [-0.05, 0) is 84.3 Å². The summed E-state index contributed by atoms with van der Waals surface area (Å²) < 4.78 is 2.39. The van der Waals surface area contributed by atoms with E-state index in [0.717, 1.165) is 18.7 Å². The molecule has 156 valence electrons. The number of carboxylic acids is 1. The molecule has 1 amide bonds. The molecule has 0 saturated carbocycles. The zero-order valence-electron chi connectivity index (χ0n) is 15.3. The lowest BCUT2D eigenvalue weighted by atomic mass is 10.0. The van der Waals surface area contributed by atoms with E-state index in [4.69, 9.17) is 11.6 Å². The van der Waals surface area contributed by atoms with Crippen LogP contribution >= 0.6 is 77.4 Å². The first kappa shape index (κ1) is 23.7. The van der Waals surface area contributed by atoms with Crippen LogP contribution < -0.4 is 0 Å². The van der Waals surface area contributed by atoms with Crippen LogP contribution in [0, 0.1) is 3.57 Å². The van der Waals surface area contributed by atoms with Gasteiger partial charge in [-0.15, -0.1) is 11.3 Å². The fraction of sp³-hybridized carbons (Fsp3) is 0.143. The Balaban J connectivity index is 2.03. The average molecular weight is 684 g/mol. The largest absolute Gasteiger partial charge is 0.480 e. The number of nitrogens with zero attached hydrogens (tertiary/aromatic N) is 1. The molecule has 0 bridgehead atoms. The maximum absolute atomic E-state index is 13.5. The fourth-order valence-electron chi connectivity index (χ4n) is 2.95. The van der Waals surface area contributed by atoms with Crippen molar-refractivity contribution < 1.29 is 14.7 Å². The van der Waals surface area contributed by atoms with Gasteiger partial charge in [-0.2, -0.15) is 0 Å². The smallest absolute Gasteiger partial charge is 0.326 e. The Kier molecular flexibility index (Phi) is 8.37. The lowest BCUT2D eigenvalue weighted by Gasteiger charge is -2.29. The summed E-state index contributed by atoms with van der Waals surface area (Å²) >= 11 is 16.5. The molecule has 1 N–H and O–H groups in total. The van der Waals surface area contributed by atoms with Gasteiger partial charge < -0.3 is 10.0 Å². The molecule has 1 atom stereocenters. The third kappa shape index (κ3) is 5.85. The molecule has 0 aliphatic rings. The van der Waals surface area contributed by atoms with Crippen LogP contribution in [0.5, 0.6) is 0 Å². The Morgan fingerprint density at radius 2 is 1.83 bits per heavy atom. The molecule has 30 heavy (non-hydrogen) atoms. The third-order valence-electron chi connectivity index (χ3n) is 4.40. The molecule has 0 saturated heterocycles. The summed E-state index contributed by atoms with van der Waals surface area (Å²) in [5.41, 5.74) is 1.27. The molecule has 1 unspecified atom stereocenters. The monoisotopic (exact) mass is 681 g/mol. The van der Waals surface area contributed by atoms with Gasteiger partial charge in [0, 0.05) is 24.4 Å². The van der Waals surface area contributed by atoms with Gasteiger partial charge in [0.2, 0.25) is 0 Å². The van der Waals surface area contributed by atoms with Crippen molar-refractivity contribution in [3.63, 3.8) is 0 Å². The van der Waals surface area contributed by atoms with E-state index in [0.29, 0.717) is 14.2 Å². The number of carboxylic acid groups (broad SMARTS) is 1. The Bertz CT molecular complexity index is 1080. The van der Waals surface area contributed by atoms with Crippen LogP contribution in [0.15, 0.2) is 62.9 Å². The Morgan fingerprint density at radius 3 is 2.40 bits per heavy atom. The van der Waals surface area contributed by atoms with Crippen molar-refractivity contribution in [2.45, 2.75) is 19.0 Å². The van der Waals surface area contributed by atoms with Crippen molar-refractivity contribution in [3.8, 4) is 0 Å². The van der Waals surface area contributed by atoms with Crippen molar-refractivity contribution in [3.05, 3.63) is 87.5 Å². The van der Waals surface area contributed by atoms with Gasteiger partial charge in [0.15, 0.2) is 0 Å². The number of benzene rings is 2. The van der Waals surface area contributed by atoms with Gasteiger partial charge in [-0.3, -0.25) is 4.79 Å². The summed E-state index contributed by atoms with van der Waals surface area (Å²) in [6, 6.07) is 15.1. The number of carbonyl (C=O) groups excluding carboxylic acids is 1. The van der Waals surface area contributed by atoms with Gasteiger partial charge in [-0.25, -0.2) is 4.79 Å². The van der Waals surface area contributed by atoms with E-state index in [2.05, 4.69) is 31.9 Å². The predicted octanol–water partition coefficient (Wildman–Crippen LogP) is 6.87. The first-order valence-corrected chi connectivity index (χ1v) is 12.6. The molecular formula is C21H15Br2ClINO3S. The van der Waals surface area contributed by atoms with Crippen molar-refractivity contribution in [2.24, 2.45) is 0 Å². The summed E-state index contributed by atoms with van der Waals surface area (Å²) in [6.07, 6.45) is 0.205. The summed E-state index contributed by atoms with van der Waals surface area (Å²) in [4.78, 5) is 28.1. The second-order valence-electron chi connectivity index (χ2n) is 6.42. The van der Waals surface area contributed by atoms with E-state index in [9.17, 15) is 14.7 Å². The van der Waals surface area contributed by atoms with Crippen LogP contribution in [0.1, 0.15) is 20.8 Å². The number of rotatable bonds is 7. The third-order valence-corrected chi connectivity index (χ3v) is 8.12. The highest BCUT2D eigenvalue weighted by atomic mass is 127. The quantitative estimate of drug-likeness (QED) is 0.277. The molecule has 9 heteroatoms. The number of aliphatic carboxylic acids is 1. The van der Waals surface area contributed by atoms with Gasteiger partial charge in [0.1, 0.15) is 6.04 Å². The Labute approximate surface area is 213 Å².